The van der Waals surface area contributed by atoms with Crippen LogP contribution in [0.1, 0.15) is 22.3 Å². The summed E-state index contributed by atoms with van der Waals surface area (Å²) in [7, 11) is 0. The Kier molecular flexibility index (Phi) is 5.32. The molecule has 1 spiro atoms. The lowest BCUT2D eigenvalue weighted by molar-refractivity contribution is 0.795. The lowest BCUT2D eigenvalue weighted by atomic mass is 9.70. The first-order valence-corrected chi connectivity index (χ1v) is 17.0. The fraction of sp³-hybridized carbons (Fsp3) is 0.0233. The fourth-order valence-corrected chi connectivity index (χ4v) is 9.59. The molecule has 8 aromatic rings. The number of halogens is 1. The average molecular weight is 654 g/mol. The molecular weight excluding hydrogens is 628 g/mol. The molecule has 0 unspecified atom stereocenters. The van der Waals surface area contributed by atoms with Crippen molar-refractivity contribution in [2.45, 2.75) is 5.41 Å². The van der Waals surface area contributed by atoms with E-state index in [4.69, 9.17) is 0 Å². The zero-order chi connectivity index (χ0) is 29.7. The third-order valence-corrected chi connectivity index (χ3v) is 11.6. The first kappa shape index (κ1) is 25.6. The van der Waals surface area contributed by atoms with Gasteiger partial charge in [0, 0.05) is 24.6 Å². The van der Waals surface area contributed by atoms with Crippen molar-refractivity contribution in [3.63, 3.8) is 0 Å². The van der Waals surface area contributed by atoms with Crippen molar-refractivity contribution >= 4 is 47.4 Å². The third-order valence-electron chi connectivity index (χ3n) is 9.95. The van der Waals surface area contributed by atoms with Gasteiger partial charge >= 0.3 is 0 Å². The van der Waals surface area contributed by atoms with Gasteiger partial charge in [-0.3, -0.25) is 0 Å². The van der Waals surface area contributed by atoms with Gasteiger partial charge in [0.05, 0.1) is 5.41 Å². The summed E-state index contributed by atoms with van der Waals surface area (Å²) < 4.78 is 3.78. The van der Waals surface area contributed by atoms with Gasteiger partial charge in [-0.1, -0.05) is 131 Å². The van der Waals surface area contributed by atoms with Gasteiger partial charge in [0.25, 0.3) is 0 Å². The molecule has 2 aliphatic rings. The number of benzene rings is 7. The van der Waals surface area contributed by atoms with Gasteiger partial charge in [0.1, 0.15) is 0 Å². The smallest absolute Gasteiger partial charge is 0.0726 e. The van der Waals surface area contributed by atoms with Crippen molar-refractivity contribution in [3.8, 4) is 44.5 Å². The molecule has 0 amide bonds. The van der Waals surface area contributed by atoms with Crippen LogP contribution in [0.2, 0.25) is 0 Å². The highest BCUT2D eigenvalue weighted by molar-refractivity contribution is 9.10. The van der Waals surface area contributed by atoms with E-state index in [-0.39, 0.29) is 0 Å². The van der Waals surface area contributed by atoms with E-state index < -0.39 is 5.41 Å². The lowest BCUT2D eigenvalue weighted by Crippen LogP contribution is -2.26. The molecule has 2 aliphatic carbocycles. The monoisotopic (exact) mass is 652 g/mol. The van der Waals surface area contributed by atoms with Gasteiger partial charge in [-0.15, -0.1) is 11.3 Å². The largest absolute Gasteiger partial charge is 0.135 e. The van der Waals surface area contributed by atoms with E-state index in [1.54, 1.807) is 0 Å². The highest BCUT2D eigenvalue weighted by Gasteiger charge is 2.52. The molecule has 2 heteroatoms. The predicted octanol–water partition coefficient (Wildman–Crippen LogP) is 12.5. The Labute approximate surface area is 274 Å². The van der Waals surface area contributed by atoms with Crippen LogP contribution in [0, 0.1) is 0 Å². The van der Waals surface area contributed by atoms with Crippen LogP contribution < -0.4 is 0 Å². The molecule has 0 atom stereocenters. The molecule has 1 heterocycles. The van der Waals surface area contributed by atoms with Gasteiger partial charge in [0.15, 0.2) is 0 Å². The van der Waals surface area contributed by atoms with Crippen molar-refractivity contribution in [2.75, 3.05) is 0 Å². The quantitative estimate of drug-likeness (QED) is 0.174. The van der Waals surface area contributed by atoms with Crippen LogP contribution in [0.4, 0.5) is 0 Å². The molecule has 0 fully saturated rings. The molecule has 0 nitrogen and oxygen atoms in total. The second-order valence-electron chi connectivity index (χ2n) is 12.2. The second-order valence-corrected chi connectivity index (χ2v) is 14.2. The van der Waals surface area contributed by atoms with Crippen molar-refractivity contribution in [3.05, 3.63) is 178 Å². The number of fused-ring (bicyclic) bond motifs is 14. The summed E-state index contributed by atoms with van der Waals surface area (Å²) in [5.74, 6) is 0. The van der Waals surface area contributed by atoms with Crippen LogP contribution in [-0.2, 0) is 5.41 Å². The number of hydrogen-bond acceptors (Lipinski definition) is 1. The standard InChI is InChI=1S/C43H25BrS/c44-30-17-21-39-34(25-30)42-40(45-39)22-20-36-41(42)33-13-7-8-14-35(33)43(36)37-23-28(26-9-3-1-4-10-26)15-18-31(37)32-19-16-29(24-38(32)43)27-11-5-2-6-12-27/h1-25H. The minimum Gasteiger partial charge on any atom is -0.135 e. The Morgan fingerprint density at radius 2 is 1.02 bits per heavy atom. The summed E-state index contributed by atoms with van der Waals surface area (Å²) in [5.41, 5.74) is 15.4. The van der Waals surface area contributed by atoms with Gasteiger partial charge < -0.3 is 0 Å². The highest BCUT2D eigenvalue weighted by atomic mass is 79.9. The van der Waals surface area contributed by atoms with Crippen LogP contribution in [0.5, 0.6) is 0 Å². The summed E-state index contributed by atoms with van der Waals surface area (Å²) in [6.45, 7) is 0. The zero-order valence-corrected chi connectivity index (χ0v) is 26.6. The minimum absolute atomic E-state index is 0.430. The highest BCUT2D eigenvalue weighted by Crippen LogP contribution is 2.65. The number of hydrogen-bond donors (Lipinski definition) is 0. The summed E-state index contributed by atoms with van der Waals surface area (Å²) in [4.78, 5) is 0. The van der Waals surface area contributed by atoms with Crippen LogP contribution >= 0.6 is 27.3 Å². The zero-order valence-electron chi connectivity index (χ0n) is 24.2. The van der Waals surface area contributed by atoms with Crippen molar-refractivity contribution in [2.24, 2.45) is 0 Å². The van der Waals surface area contributed by atoms with Crippen molar-refractivity contribution < 1.29 is 0 Å². The molecule has 0 bridgehead atoms. The molecule has 210 valence electrons. The van der Waals surface area contributed by atoms with E-state index in [1.807, 2.05) is 11.3 Å². The van der Waals surface area contributed by atoms with E-state index >= 15 is 0 Å². The van der Waals surface area contributed by atoms with Gasteiger partial charge in [-0.05, 0) is 103 Å². The molecule has 45 heavy (non-hydrogen) atoms. The molecule has 7 aromatic carbocycles. The van der Waals surface area contributed by atoms with Crippen LogP contribution in [0.25, 0.3) is 64.7 Å². The Balaban J connectivity index is 1.37. The average Bonchev–Trinajstić information content (AvgIpc) is 3.72. The first-order chi connectivity index (χ1) is 22.2. The van der Waals surface area contributed by atoms with Crippen LogP contribution in [-0.4, -0.2) is 0 Å². The Morgan fingerprint density at radius 1 is 0.422 bits per heavy atom. The molecular formula is C43H25BrS. The van der Waals surface area contributed by atoms with Crippen LogP contribution in [0.3, 0.4) is 0 Å². The van der Waals surface area contributed by atoms with E-state index in [0.717, 1.165) is 4.47 Å². The van der Waals surface area contributed by atoms with Crippen molar-refractivity contribution in [1.82, 2.24) is 0 Å². The third kappa shape index (κ3) is 3.41. The van der Waals surface area contributed by atoms with Gasteiger partial charge in [-0.2, -0.15) is 0 Å². The summed E-state index contributed by atoms with van der Waals surface area (Å²) >= 11 is 5.67. The first-order valence-electron chi connectivity index (χ1n) is 15.4. The summed E-state index contributed by atoms with van der Waals surface area (Å²) in [6.07, 6.45) is 0. The fourth-order valence-electron chi connectivity index (χ4n) is 8.13. The maximum atomic E-state index is 3.78. The molecule has 0 saturated heterocycles. The minimum atomic E-state index is -0.430. The van der Waals surface area contributed by atoms with E-state index in [0.29, 0.717) is 0 Å². The number of thiophene rings is 1. The molecule has 0 N–H and O–H groups in total. The predicted molar refractivity (Wildman–Crippen MR) is 194 cm³/mol. The Bertz CT molecular complexity index is 2400. The van der Waals surface area contributed by atoms with Crippen molar-refractivity contribution in [1.29, 1.82) is 0 Å². The summed E-state index contributed by atoms with van der Waals surface area (Å²) in [5, 5.41) is 2.69. The van der Waals surface area contributed by atoms with E-state index in [1.165, 1.54) is 86.9 Å². The molecule has 10 rings (SSSR count). The van der Waals surface area contributed by atoms with Gasteiger partial charge in [-0.25, -0.2) is 0 Å². The summed E-state index contributed by atoms with van der Waals surface area (Å²) in [6, 6.07) is 56.6. The molecule has 1 aromatic heterocycles. The maximum Gasteiger partial charge on any atom is 0.0726 e. The van der Waals surface area contributed by atoms with Crippen LogP contribution in [0.15, 0.2) is 156 Å². The number of rotatable bonds is 2. The Morgan fingerprint density at radius 3 is 1.69 bits per heavy atom. The SMILES string of the molecule is Brc1ccc2sc3ccc4c(c3c2c1)-c1ccccc1C41c2cc(-c3ccccc3)ccc2-c2ccc(-c3ccccc3)cc21. The van der Waals surface area contributed by atoms with E-state index in [2.05, 4.69) is 168 Å². The maximum absolute atomic E-state index is 3.78. The molecule has 0 saturated carbocycles. The van der Waals surface area contributed by atoms with E-state index in [9.17, 15) is 0 Å². The molecule has 0 radical (unpaired) electrons. The van der Waals surface area contributed by atoms with Gasteiger partial charge in [0.2, 0.25) is 0 Å². The topological polar surface area (TPSA) is 0 Å². The Hall–Kier alpha value is -4.76. The second kappa shape index (κ2) is 9.37. The molecule has 0 aliphatic heterocycles. The normalized spacial score (nSPS) is 13.6. The lowest BCUT2D eigenvalue weighted by Gasteiger charge is -2.31.